The van der Waals surface area contributed by atoms with Crippen LogP contribution in [-0.2, 0) is 6.18 Å². The van der Waals surface area contributed by atoms with Crippen LogP contribution in [0.2, 0.25) is 0 Å². The number of pyridine rings is 2. The molecule has 8 heteroatoms. The summed E-state index contributed by atoms with van der Waals surface area (Å²) in [6.07, 6.45) is -1.24. The summed E-state index contributed by atoms with van der Waals surface area (Å²) in [6.45, 7) is 6.97. The standard InChI is InChI=1S/C25H22F3N3O2/c1-13-10-18(15(3)30-20-7-8-21(25(26,27)28)31-16(20)4)24-19(11-13)22(32)14(2)23(33-24)17-6-5-9-29-12-17/h5-12,15,30H,1-4H3/t15-/m1/s1. The molecule has 3 aromatic heterocycles. The van der Waals surface area contributed by atoms with Crippen molar-refractivity contribution in [1.82, 2.24) is 9.97 Å². The van der Waals surface area contributed by atoms with E-state index >= 15 is 0 Å². The molecule has 0 aliphatic heterocycles. The maximum absolute atomic E-state index is 13.2. The van der Waals surface area contributed by atoms with Gasteiger partial charge in [-0.2, -0.15) is 13.2 Å². The van der Waals surface area contributed by atoms with Crippen molar-refractivity contribution in [3.8, 4) is 11.3 Å². The number of nitrogens with one attached hydrogen (secondary N) is 1. The van der Waals surface area contributed by atoms with Gasteiger partial charge >= 0.3 is 6.18 Å². The van der Waals surface area contributed by atoms with E-state index in [0.717, 1.165) is 11.6 Å². The summed E-state index contributed by atoms with van der Waals surface area (Å²) >= 11 is 0. The van der Waals surface area contributed by atoms with Gasteiger partial charge in [0.1, 0.15) is 17.0 Å². The molecule has 3 heterocycles. The molecule has 5 nitrogen and oxygen atoms in total. The Balaban J connectivity index is 1.82. The number of rotatable bonds is 4. The molecule has 33 heavy (non-hydrogen) atoms. The van der Waals surface area contributed by atoms with Gasteiger partial charge in [0.2, 0.25) is 0 Å². The molecule has 1 aromatic carbocycles. The molecule has 170 valence electrons. The lowest BCUT2D eigenvalue weighted by atomic mass is 9.99. The number of aryl methyl sites for hydroxylation is 2. The van der Waals surface area contributed by atoms with Crippen LogP contribution in [0.3, 0.4) is 0 Å². The fourth-order valence-corrected chi connectivity index (χ4v) is 3.84. The van der Waals surface area contributed by atoms with Crippen LogP contribution in [0.1, 0.15) is 41.0 Å². The zero-order valence-electron chi connectivity index (χ0n) is 18.5. The third-order valence-corrected chi connectivity index (χ3v) is 5.53. The zero-order chi connectivity index (χ0) is 23.9. The first-order chi connectivity index (χ1) is 15.6. The van der Waals surface area contributed by atoms with E-state index in [9.17, 15) is 18.0 Å². The highest BCUT2D eigenvalue weighted by Crippen LogP contribution is 2.33. The molecule has 0 unspecified atom stereocenters. The predicted octanol–water partition coefficient (Wildman–Crippen LogP) is 6.37. The number of anilines is 1. The Morgan fingerprint density at radius 1 is 1.09 bits per heavy atom. The van der Waals surface area contributed by atoms with E-state index in [-0.39, 0.29) is 17.2 Å². The van der Waals surface area contributed by atoms with Crippen LogP contribution in [-0.4, -0.2) is 9.97 Å². The van der Waals surface area contributed by atoms with Crippen molar-refractivity contribution in [3.63, 3.8) is 0 Å². The van der Waals surface area contributed by atoms with Crippen LogP contribution in [0.5, 0.6) is 0 Å². The van der Waals surface area contributed by atoms with Gasteiger partial charge in [0, 0.05) is 29.1 Å². The summed E-state index contributed by atoms with van der Waals surface area (Å²) in [7, 11) is 0. The Bertz CT molecular complexity index is 1400. The minimum absolute atomic E-state index is 0.139. The van der Waals surface area contributed by atoms with Gasteiger partial charge in [0.15, 0.2) is 5.43 Å². The fraction of sp³-hybridized carbons (Fsp3) is 0.240. The second kappa shape index (κ2) is 8.35. The van der Waals surface area contributed by atoms with Gasteiger partial charge < -0.3 is 9.73 Å². The normalized spacial score (nSPS) is 12.7. The van der Waals surface area contributed by atoms with Crippen molar-refractivity contribution < 1.29 is 17.6 Å². The first-order valence-corrected chi connectivity index (χ1v) is 10.4. The highest BCUT2D eigenvalue weighted by Gasteiger charge is 2.32. The van der Waals surface area contributed by atoms with Gasteiger partial charge in [0.25, 0.3) is 0 Å². The Morgan fingerprint density at radius 2 is 1.85 bits per heavy atom. The van der Waals surface area contributed by atoms with Crippen LogP contribution in [0, 0.1) is 20.8 Å². The second-order valence-electron chi connectivity index (χ2n) is 8.05. The molecule has 0 radical (unpaired) electrons. The van der Waals surface area contributed by atoms with Crippen LogP contribution in [0.15, 0.2) is 58.0 Å². The lowest BCUT2D eigenvalue weighted by Crippen LogP contribution is -2.14. The average Bonchev–Trinajstić information content (AvgIpc) is 2.77. The van der Waals surface area contributed by atoms with E-state index in [4.69, 9.17) is 4.42 Å². The smallest absolute Gasteiger partial charge is 0.433 e. The summed E-state index contributed by atoms with van der Waals surface area (Å²) in [5.74, 6) is 0.435. The third-order valence-electron chi connectivity index (χ3n) is 5.53. The number of nitrogens with zero attached hydrogens (tertiary/aromatic N) is 2. The molecule has 1 atom stereocenters. The fourth-order valence-electron chi connectivity index (χ4n) is 3.84. The Morgan fingerprint density at radius 3 is 2.48 bits per heavy atom. The topological polar surface area (TPSA) is 68.0 Å². The largest absolute Gasteiger partial charge is 0.455 e. The maximum atomic E-state index is 13.2. The van der Waals surface area contributed by atoms with Crippen LogP contribution in [0.4, 0.5) is 18.9 Å². The molecular weight excluding hydrogens is 431 g/mol. The minimum Gasteiger partial charge on any atom is -0.455 e. The highest BCUT2D eigenvalue weighted by molar-refractivity contribution is 5.84. The van der Waals surface area contributed by atoms with E-state index in [1.807, 2.05) is 26.0 Å². The number of aromatic nitrogens is 2. The number of hydrogen-bond donors (Lipinski definition) is 1. The van der Waals surface area contributed by atoms with Crippen molar-refractivity contribution in [3.05, 3.63) is 87.1 Å². The van der Waals surface area contributed by atoms with Crippen molar-refractivity contribution in [1.29, 1.82) is 0 Å². The minimum atomic E-state index is -4.51. The van der Waals surface area contributed by atoms with Crippen molar-refractivity contribution in [2.45, 2.75) is 39.9 Å². The average molecular weight is 453 g/mol. The molecular formula is C25H22F3N3O2. The molecule has 0 bridgehead atoms. The molecule has 0 saturated carbocycles. The van der Waals surface area contributed by atoms with Crippen molar-refractivity contribution in [2.75, 3.05) is 5.32 Å². The Kier molecular flexibility index (Phi) is 5.69. The van der Waals surface area contributed by atoms with E-state index < -0.39 is 11.9 Å². The zero-order valence-corrected chi connectivity index (χ0v) is 18.5. The molecule has 0 aliphatic carbocycles. The summed E-state index contributed by atoms with van der Waals surface area (Å²) in [5.41, 5.74) is 2.78. The quantitative estimate of drug-likeness (QED) is 0.389. The van der Waals surface area contributed by atoms with Gasteiger partial charge in [0.05, 0.1) is 22.8 Å². The molecule has 0 aliphatic rings. The van der Waals surface area contributed by atoms with Crippen LogP contribution in [0.25, 0.3) is 22.3 Å². The van der Waals surface area contributed by atoms with Gasteiger partial charge in [-0.05, 0) is 63.6 Å². The summed E-state index contributed by atoms with van der Waals surface area (Å²) in [4.78, 5) is 21.0. The van der Waals surface area contributed by atoms with Crippen molar-refractivity contribution >= 4 is 16.7 Å². The number of benzene rings is 1. The van der Waals surface area contributed by atoms with Gasteiger partial charge in [-0.15, -0.1) is 0 Å². The molecule has 1 N–H and O–H groups in total. The number of hydrogen-bond acceptors (Lipinski definition) is 5. The van der Waals surface area contributed by atoms with Gasteiger partial charge in [-0.25, -0.2) is 4.98 Å². The van der Waals surface area contributed by atoms with Gasteiger partial charge in [-0.1, -0.05) is 6.07 Å². The summed E-state index contributed by atoms with van der Waals surface area (Å²) in [6, 6.07) is 9.19. The lowest BCUT2D eigenvalue weighted by molar-refractivity contribution is -0.141. The molecule has 0 fully saturated rings. The van der Waals surface area contributed by atoms with E-state index in [1.54, 1.807) is 31.5 Å². The first-order valence-electron chi connectivity index (χ1n) is 10.4. The monoisotopic (exact) mass is 453 g/mol. The Hall–Kier alpha value is -3.68. The number of alkyl halides is 3. The molecule has 4 aromatic rings. The van der Waals surface area contributed by atoms with Crippen LogP contribution < -0.4 is 10.7 Å². The summed E-state index contributed by atoms with van der Waals surface area (Å²) in [5, 5.41) is 3.66. The molecule has 0 saturated heterocycles. The second-order valence-corrected chi connectivity index (χ2v) is 8.05. The first kappa shape index (κ1) is 22.5. The SMILES string of the molecule is Cc1cc([C@@H](C)Nc2ccc(C(F)(F)F)nc2C)c2oc(-c3cccnc3)c(C)c(=O)c2c1. The summed E-state index contributed by atoms with van der Waals surface area (Å²) < 4.78 is 45.1. The Labute approximate surface area is 188 Å². The number of halogens is 3. The predicted molar refractivity (Wildman–Crippen MR) is 121 cm³/mol. The van der Waals surface area contributed by atoms with Gasteiger partial charge in [-0.3, -0.25) is 9.78 Å². The van der Waals surface area contributed by atoms with E-state index in [1.165, 1.54) is 13.0 Å². The lowest BCUT2D eigenvalue weighted by Gasteiger charge is -2.20. The number of fused-ring (bicyclic) bond motifs is 1. The molecule has 4 rings (SSSR count). The van der Waals surface area contributed by atoms with E-state index in [2.05, 4.69) is 15.3 Å². The third kappa shape index (κ3) is 4.33. The maximum Gasteiger partial charge on any atom is 0.433 e. The van der Waals surface area contributed by atoms with Crippen LogP contribution >= 0.6 is 0 Å². The molecule has 0 spiro atoms. The molecule has 0 amide bonds. The van der Waals surface area contributed by atoms with Crippen molar-refractivity contribution in [2.24, 2.45) is 0 Å². The highest BCUT2D eigenvalue weighted by atomic mass is 19.4. The van der Waals surface area contributed by atoms with E-state index in [0.29, 0.717) is 39.1 Å².